The first-order valence-electron chi connectivity index (χ1n) is 9.79. The molecule has 0 atom stereocenters. The highest BCUT2D eigenvalue weighted by Crippen LogP contribution is 2.30. The number of imidazole rings is 1. The van der Waals surface area contributed by atoms with Crippen molar-refractivity contribution in [2.75, 3.05) is 20.1 Å². The number of nitrogens with zero attached hydrogens (tertiary/aromatic N) is 4. The zero-order valence-corrected chi connectivity index (χ0v) is 15.7. The van der Waals surface area contributed by atoms with Gasteiger partial charge in [0.05, 0.1) is 17.6 Å². The Hall–Kier alpha value is -2.72. The largest absolute Gasteiger partial charge is 0.302 e. The van der Waals surface area contributed by atoms with Gasteiger partial charge in [0.1, 0.15) is 5.65 Å². The second-order valence-electron chi connectivity index (χ2n) is 7.58. The van der Waals surface area contributed by atoms with E-state index in [0.29, 0.717) is 0 Å². The Morgan fingerprint density at radius 2 is 1.93 bits per heavy atom. The molecule has 136 valence electrons. The second kappa shape index (κ2) is 6.78. The molecule has 1 aliphatic heterocycles. The van der Waals surface area contributed by atoms with Crippen LogP contribution in [0.1, 0.15) is 36.9 Å². The lowest BCUT2D eigenvalue weighted by molar-refractivity contribution is 0.370. The van der Waals surface area contributed by atoms with Gasteiger partial charge in [0.2, 0.25) is 0 Å². The van der Waals surface area contributed by atoms with Gasteiger partial charge >= 0.3 is 0 Å². The summed E-state index contributed by atoms with van der Waals surface area (Å²) >= 11 is 0. The van der Waals surface area contributed by atoms with Crippen LogP contribution in [0.3, 0.4) is 0 Å². The molecule has 0 saturated heterocycles. The van der Waals surface area contributed by atoms with Crippen molar-refractivity contribution in [2.45, 2.75) is 25.7 Å². The Labute approximate surface area is 159 Å². The van der Waals surface area contributed by atoms with Gasteiger partial charge in [-0.05, 0) is 73.7 Å². The molecule has 0 amide bonds. The van der Waals surface area contributed by atoms with Crippen molar-refractivity contribution in [3.63, 3.8) is 0 Å². The summed E-state index contributed by atoms with van der Waals surface area (Å²) in [6.07, 6.45) is 15.4. The molecule has 0 unspecified atom stereocenters. The molecule has 0 fully saturated rings. The first-order chi connectivity index (χ1) is 13.3. The van der Waals surface area contributed by atoms with Gasteiger partial charge in [-0.3, -0.25) is 9.38 Å². The third-order valence-corrected chi connectivity index (χ3v) is 5.72. The van der Waals surface area contributed by atoms with Crippen LogP contribution in [0.15, 0.2) is 55.0 Å². The minimum absolute atomic E-state index is 1.00. The summed E-state index contributed by atoms with van der Waals surface area (Å²) in [6.45, 7) is 2.14. The van der Waals surface area contributed by atoms with Crippen molar-refractivity contribution >= 4 is 16.8 Å². The van der Waals surface area contributed by atoms with Gasteiger partial charge in [0.25, 0.3) is 0 Å². The molecule has 1 aliphatic carbocycles. The standard InChI is InChI=1S/C23H24N4/c1-26-11-7-17(8-12-26)19-9-13-27-22(16-25-23(27)15-19)20-6-10-24-21(14-20)18-4-2-3-5-18/h4,6-7,9-10,13-16H,2-3,5,8,11-12H2,1H3. The minimum Gasteiger partial charge on any atom is -0.302 e. The number of hydrogen-bond donors (Lipinski definition) is 0. The fraction of sp³-hybridized carbons (Fsp3) is 0.304. The second-order valence-corrected chi connectivity index (χ2v) is 7.58. The predicted molar refractivity (Wildman–Crippen MR) is 110 cm³/mol. The average molecular weight is 356 g/mol. The van der Waals surface area contributed by atoms with E-state index < -0.39 is 0 Å². The molecule has 4 nitrogen and oxygen atoms in total. The van der Waals surface area contributed by atoms with E-state index in [1.807, 2.05) is 12.4 Å². The van der Waals surface area contributed by atoms with E-state index in [2.05, 4.69) is 68.9 Å². The molecule has 0 saturated carbocycles. The fourth-order valence-corrected chi connectivity index (χ4v) is 4.10. The minimum atomic E-state index is 1.00. The zero-order valence-electron chi connectivity index (χ0n) is 15.7. The van der Waals surface area contributed by atoms with Crippen LogP contribution >= 0.6 is 0 Å². The topological polar surface area (TPSA) is 33.4 Å². The molecule has 4 heteroatoms. The number of hydrogen-bond acceptors (Lipinski definition) is 3. The van der Waals surface area contributed by atoms with Crippen LogP contribution in [0.4, 0.5) is 0 Å². The molecule has 3 aromatic rings. The molecule has 0 N–H and O–H groups in total. The van der Waals surface area contributed by atoms with Crippen molar-refractivity contribution in [1.29, 1.82) is 0 Å². The van der Waals surface area contributed by atoms with E-state index in [0.717, 1.165) is 43.0 Å². The lowest BCUT2D eigenvalue weighted by Crippen LogP contribution is -2.23. The Bertz CT molecular complexity index is 1060. The van der Waals surface area contributed by atoms with Crippen LogP contribution in [0.5, 0.6) is 0 Å². The summed E-state index contributed by atoms with van der Waals surface area (Å²) in [7, 11) is 2.17. The highest BCUT2D eigenvalue weighted by molar-refractivity contribution is 5.73. The van der Waals surface area contributed by atoms with Crippen molar-refractivity contribution in [2.24, 2.45) is 0 Å². The van der Waals surface area contributed by atoms with E-state index in [1.54, 1.807) is 0 Å². The lowest BCUT2D eigenvalue weighted by atomic mass is 10.0. The molecule has 4 heterocycles. The first kappa shape index (κ1) is 16.5. The number of rotatable bonds is 3. The highest BCUT2D eigenvalue weighted by atomic mass is 15.1. The number of likely N-dealkylation sites (N-methyl/N-ethyl adjacent to an activating group) is 1. The molecule has 3 aromatic heterocycles. The van der Waals surface area contributed by atoms with E-state index in [9.17, 15) is 0 Å². The molecule has 5 rings (SSSR count). The molecule has 0 spiro atoms. The quantitative estimate of drug-likeness (QED) is 0.683. The number of pyridine rings is 2. The van der Waals surface area contributed by atoms with Crippen molar-refractivity contribution in [1.82, 2.24) is 19.3 Å². The Kier molecular flexibility index (Phi) is 4.13. The van der Waals surface area contributed by atoms with E-state index in [-0.39, 0.29) is 0 Å². The van der Waals surface area contributed by atoms with Gasteiger partial charge in [-0.2, -0.15) is 0 Å². The summed E-state index contributed by atoms with van der Waals surface area (Å²) in [5, 5.41) is 0. The van der Waals surface area contributed by atoms with Crippen LogP contribution in [-0.2, 0) is 0 Å². The smallest absolute Gasteiger partial charge is 0.137 e. The van der Waals surface area contributed by atoms with Gasteiger partial charge in [-0.1, -0.05) is 12.2 Å². The molecular formula is C23H24N4. The maximum absolute atomic E-state index is 4.68. The summed E-state index contributed by atoms with van der Waals surface area (Å²) in [4.78, 5) is 11.6. The maximum atomic E-state index is 4.68. The van der Waals surface area contributed by atoms with Gasteiger partial charge in [-0.15, -0.1) is 0 Å². The van der Waals surface area contributed by atoms with Crippen molar-refractivity contribution in [3.8, 4) is 11.3 Å². The van der Waals surface area contributed by atoms with Crippen molar-refractivity contribution < 1.29 is 0 Å². The average Bonchev–Trinajstić information content (AvgIpc) is 3.38. The monoisotopic (exact) mass is 356 g/mol. The molecule has 0 aromatic carbocycles. The Morgan fingerprint density at radius 1 is 0.963 bits per heavy atom. The van der Waals surface area contributed by atoms with Crippen molar-refractivity contribution in [3.05, 3.63) is 66.3 Å². The van der Waals surface area contributed by atoms with Crippen LogP contribution in [0, 0.1) is 0 Å². The van der Waals surface area contributed by atoms with E-state index in [1.165, 1.54) is 35.1 Å². The lowest BCUT2D eigenvalue weighted by Gasteiger charge is -2.22. The first-order valence-corrected chi connectivity index (χ1v) is 9.79. The van der Waals surface area contributed by atoms with Crippen LogP contribution < -0.4 is 0 Å². The summed E-state index contributed by atoms with van der Waals surface area (Å²) in [5.74, 6) is 0. The number of fused-ring (bicyclic) bond motifs is 1. The van der Waals surface area contributed by atoms with Gasteiger partial charge < -0.3 is 4.90 Å². The Balaban J connectivity index is 1.51. The molecular weight excluding hydrogens is 332 g/mol. The summed E-state index contributed by atoms with van der Waals surface area (Å²) < 4.78 is 2.18. The predicted octanol–water partition coefficient (Wildman–Crippen LogP) is 4.68. The highest BCUT2D eigenvalue weighted by Gasteiger charge is 2.14. The zero-order chi connectivity index (χ0) is 18.2. The van der Waals surface area contributed by atoms with Crippen LogP contribution in [-0.4, -0.2) is 39.4 Å². The SMILES string of the molecule is CN1CC=C(c2ccn3c(-c4ccnc(C5=CCCC5)c4)cnc3c2)CC1. The maximum Gasteiger partial charge on any atom is 0.137 e. The van der Waals surface area contributed by atoms with Crippen LogP contribution in [0.2, 0.25) is 0 Å². The van der Waals surface area contributed by atoms with Gasteiger partial charge in [0.15, 0.2) is 0 Å². The fourth-order valence-electron chi connectivity index (χ4n) is 4.10. The summed E-state index contributed by atoms with van der Waals surface area (Å²) in [6, 6.07) is 8.71. The third kappa shape index (κ3) is 3.10. The van der Waals surface area contributed by atoms with E-state index in [4.69, 9.17) is 0 Å². The normalized spacial score (nSPS) is 18.0. The van der Waals surface area contributed by atoms with E-state index >= 15 is 0 Å². The van der Waals surface area contributed by atoms with Gasteiger partial charge in [-0.25, -0.2) is 4.98 Å². The third-order valence-electron chi connectivity index (χ3n) is 5.72. The molecule has 0 bridgehead atoms. The molecule has 2 aliphatic rings. The number of allylic oxidation sites excluding steroid dienone is 2. The molecule has 27 heavy (non-hydrogen) atoms. The van der Waals surface area contributed by atoms with Gasteiger partial charge in [0, 0.05) is 31.0 Å². The Morgan fingerprint density at radius 3 is 2.74 bits per heavy atom. The van der Waals surface area contributed by atoms with Crippen LogP contribution in [0.25, 0.3) is 28.1 Å². The molecule has 0 radical (unpaired) electrons. The number of aromatic nitrogens is 3. The summed E-state index contributed by atoms with van der Waals surface area (Å²) in [5.41, 5.74) is 8.50.